The average molecular weight is 270 g/mol. The molecule has 18 heavy (non-hydrogen) atoms. The summed E-state index contributed by atoms with van der Waals surface area (Å²) >= 11 is 1.75. The number of nitrogens with one attached hydrogen (secondary N) is 1. The lowest BCUT2D eigenvalue weighted by Crippen LogP contribution is -2.34. The SMILES string of the molecule is COC(CN)CC(=O)NCC(C)Cc1cccs1. The molecule has 0 spiro atoms. The lowest BCUT2D eigenvalue weighted by atomic mass is 10.1. The first kappa shape index (κ1) is 15.1. The van der Waals surface area contributed by atoms with Gasteiger partial charge in [0.15, 0.2) is 0 Å². The zero-order valence-corrected chi connectivity index (χ0v) is 11.8. The van der Waals surface area contributed by atoms with Gasteiger partial charge in [-0.3, -0.25) is 4.79 Å². The monoisotopic (exact) mass is 270 g/mol. The number of ether oxygens (including phenoxy) is 1. The van der Waals surface area contributed by atoms with Gasteiger partial charge in [-0.1, -0.05) is 13.0 Å². The smallest absolute Gasteiger partial charge is 0.222 e. The minimum absolute atomic E-state index is 0.00493. The number of methoxy groups -OCH3 is 1. The first-order valence-corrected chi connectivity index (χ1v) is 7.05. The van der Waals surface area contributed by atoms with Crippen molar-refractivity contribution >= 4 is 17.2 Å². The fourth-order valence-corrected chi connectivity index (χ4v) is 2.54. The van der Waals surface area contributed by atoms with Gasteiger partial charge >= 0.3 is 0 Å². The first-order chi connectivity index (χ1) is 8.65. The van der Waals surface area contributed by atoms with Crippen LogP contribution in [0, 0.1) is 5.92 Å². The summed E-state index contributed by atoms with van der Waals surface area (Å²) in [6.45, 7) is 3.20. The van der Waals surface area contributed by atoms with Crippen LogP contribution in [0.4, 0.5) is 0 Å². The van der Waals surface area contributed by atoms with Crippen molar-refractivity contribution in [3.05, 3.63) is 22.4 Å². The second-order valence-corrected chi connectivity index (χ2v) is 5.52. The molecule has 1 aromatic heterocycles. The molecule has 102 valence electrons. The summed E-state index contributed by atoms with van der Waals surface area (Å²) in [5, 5.41) is 5.00. The molecule has 5 heteroatoms. The third-order valence-electron chi connectivity index (χ3n) is 2.79. The van der Waals surface area contributed by atoms with Crippen molar-refractivity contribution in [3.63, 3.8) is 0 Å². The standard InChI is InChI=1S/C13H22N2O2S/c1-10(6-12-4-3-5-18-12)9-15-13(16)7-11(8-14)17-2/h3-5,10-11H,6-9,14H2,1-2H3,(H,15,16). The van der Waals surface area contributed by atoms with Crippen molar-refractivity contribution < 1.29 is 9.53 Å². The number of carbonyl (C=O) groups is 1. The van der Waals surface area contributed by atoms with Crippen LogP contribution in [0.15, 0.2) is 17.5 Å². The van der Waals surface area contributed by atoms with E-state index in [0.717, 1.165) is 6.42 Å². The number of carbonyl (C=O) groups excluding carboxylic acids is 1. The van der Waals surface area contributed by atoms with Crippen LogP contribution in [-0.2, 0) is 16.0 Å². The predicted octanol–water partition coefficient (Wildman–Crippen LogP) is 1.41. The third-order valence-corrected chi connectivity index (χ3v) is 3.69. The number of nitrogens with two attached hydrogens (primary N) is 1. The highest BCUT2D eigenvalue weighted by Gasteiger charge is 2.12. The Morgan fingerprint density at radius 1 is 1.61 bits per heavy atom. The van der Waals surface area contributed by atoms with Gasteiger partial charge in [0.1, 0.15) is 0 Å². The van der Waals surface area contributed by atoms with Crippen LogP contribution in [0.3, 0.4) is 0 Å². The Morgan fingerprint density at radius 3 is 2.94 bits per heavy atom. The Hall–Kier alpha value is -0.910. The summed E-state index contributed by atoms with van der Waals surface area (Å²) < 4.78 is 5.08. The summed E-state index contributed by atoms with van der Waals surface area (Å²) in [5.74, 6) is 0.441. The largest absolute Gasteiger partial charge is 0.380 e. The summed E-state index contributed by atoms with van der Waals surface area (Å²) in [6, 6.07) is 4.17. The van der Waals surface area contributed by atoms with Crippen LogP contribution in [0.5, 0.6) is 0 Å². The number of hydrogen-bond acceptors (Lipinski definition) is 4. The minimum atomic E-state index is -0.183. The number of rotatable bonds is 8. The molecule has 4 nitrogen and oxygen atoms in total. The van der Waals surface area contributed by atoms with Crippen LogP contribution < -0.4 is 11.1 Å². The summed E-state index contributed by atoms with van der Waals surface area (Å²) in [4.78, 5) is 13.0. The molecular formula is C13H22N2O2S. The van der Waals surface area contributed by atoms with Gasteiger partial charge in [-0.05, 0) is 23.8 Å². The number of hydrogen-bond donors (Lipinski definition) is 2. The normalized spacial score (nSPS) is 14.2. The van der Waals surface area contributed by atoms with E-state index in [1.54, 1.807) is 18.4 Å². The zero-order valence-electron chi connectivity index (χ0n) is 11.0. The molecule has 1 amide bonds. The van der Waals surface area contributed by atoms with Crippen LogP contribution in [0.1, 0.15) is 18.2 Å². The summed E-state index contributed by atoms with van der Waals surface area (Å²) in [7, 11) is 1.57. The van der Waals surface area contributed by atoms with E-state index in [4.69, 9.17) is 10.5 Å². The van der Waals surface area contributed by atoms with Crippen LogP contribution in [0.25, 0.3) is 0 Å². The molecule has 2 unspecified atom stereocenters. The summed E-state index contributed by atoms with van der Waals surface area (Å²) in [6.07, 6.45) is 1.15. The Balaban J connectivity index is 2.21. The molecule has 0 aliphatic carbocycles. The van der Waals surface area contributed by atoms with Crippen LogP contribution >= 0.6 is 11.3 Å². The second-order valence-electron chi connectivity index (χ2n) is 4.49. The number of amides is 1. The van der Waals surface area contributed by atoms with Crippen molar-refractivity contribution in [2.45, 2.75) is 25.9 Å². The molecule has 0 saturated heterocycles. The van der Waals surface area contributed by atoms with E-state index in [1.165, 1.54) is 4.88 Å². The van der Waals surface area contributed by atoms with Gasteiger partial charge in [0.25, 0.3) is 0 Å². The zero-order chi connectivity index (χ0) is 13.4. The Kier molecular flexibility index (Phi) is 6.93. The molecule has 1 rings (SSSR count). The fraction of sp³-hybridized carbons (Fsp3) is 0.615. The van der Waals surface area contributed by atoms with E-state index >= 15 is 0 Å². The van der Waals surface area contributed by atoms with Gasteiger partial charge in [-0.25, -0.2) is 0 Å². The quantitative estimate of drug-likeness (QED) is 0.750. The van der Waals surface area contributed by atoms with E-state index in [2.05, 4.69) is 29.8 Å². The molecule has 0 aliphatic heterocycles. The molecule has 0 aliphatic rings. The molecule has 0 radical (unpaired) electrons. The molecule has 0 saturated carbocycles. The van der Waals surface area contributed by atoms with Gasteiger partial charge in [0, 0.05) is 25.1 Å². The van der Waals surface area contributed by atoms with Gasteiger partial charge in [0.2, 0.25) is 5.91 Å². The van der Waals surface area contributed by atoms with Crippen molar-refractivity contribution in [1.82, 2.24) is 5.32 Å². The Morgan fingerprint density at radius 2 is 2.39 bits per heavy atom. The van der Waals surface area contributed by atoms with E-state index in [9.17, 15) is 4.79 Å². The summed E-state index contributed by atoms with van der Waals surface area (Å²) in [5.41, 5.74) is 5.47. The maximum atomic E-state index is 11.6. The average Bonchev–Trinajstić information content (AvgIpc) is 2.86. The maximum absolute atomic E-state index is 11.6. The van der Waals surface area contributed by atoms with Crippen molar-refractivity contribution in [2.75, 3.05) is 20.2 Å². The molecule has 3 N–H and O–H groups in total. The highest BCUT2D eigenvalue weighted by molar-refractivity contribution is 7.09. The highest BCUT2D eigenvalue weighted by atomic mass is 32.1. The van der Waals surface area contributed by atoms with Gasteiger partial charge < -0.3 is 15.8 Å². The molecule has 0 fully saturated rings. The molecule has 2 atom stereocenters. The molecular weight excluding hydrogens is 248 g/mol. The van der Waals surface area contributed by atoms with Gasteiger partial charge in [-0.2, -0.15) is 0 Å². The lowest BCUT2D eigenvalue weighted by Gasteiger charge is -2.15. The van der Waals surface area contributed by atoms with E-state index < -0.39 is 0 Å². The lowest BCUT2D eigenvalue weighted by molar-refractivity contribution is -0.123. The molecule has 1 aromatic rings. The van der Waals surface area contributed by atoms with Crippen molar-refractivity contribution in [3.8, 4) is 0 Å². The van der Waals surface area contributed by atoms with Gasteiger partial charge in [0.05, 0.1) is 12.5 Å². The van der Waals surface area contributed by atoms with E-state index in [1.807, 2.05) is 0 Å². The molecule has 0 aromatic carbocycles. The number of thiophene rings is 1. The first-order valence-electron chi connectivity index (χ1n) is 6.17. The molecule has 1 heterocycles. The fourth-order valence-electron chi connectivity index (χ4n) is 1.67. The van der Waals surface area contributed by atoms with Crippen molar-refractivity contribution in [2.24, 2.45) is 11.7 Å². The van der Waals surface area contributed by atoms with Crippen LogP contribution in [0.2, 0.25) is 0 Å². The Labute approximate surface area is 113 Å². The van der Waals surface area contributed by atoms with E-state index in [-0.39, 0.29) is 12.0 Å². The second kappa shape index (κ2) is 8.24. The maximum Gasteiger partial charge on any atom is 0.222 e. The molecule has 0 bridgehead atoms. The third kappa shape index (κ3) is 5.62. The topological polar surface area (TPSA) is 64.3 Å². The predicted molar refractivity (Wildman–Crippen MR) is 74.7 cm³/mol. The van der Waals surface area contributed by atoms with Crippen LogP contribution in [-0.4, -0.2) is 32.2 Å². The van der Waals surface area contributed by atoms with Crippen molar-refractivity contribution in [1.29, 1.82) is 0 Å². The van der Waals surface area contributed by atoms with Gasteiger partial charge in [-0.15, -0.1) is 11.3 Å². The minimum Gasteiger partial charge on any atom is -0.380 e. The Bertz CT molecular complexity index is 337. The highest BCUT2D eigenvalue weighted by Crippen LogP contribution is 2.13. The van der Waals surface area contributed by atoms with E-state index in [0.29, 0.717) is 25.4 Å².